The average molecular weight is 454 g/mol. The molecule has 2 fully saturated rings. The lowest BCUT2D eigenvalue weighted by Crippen LogP contribution is -2.62. The van der Waals surface area contributed by atoms with Crippen LogP contribution in [0.1, 0.15) is 19.4 Å². The SMILES string of the molecule is COc1ccc2c(c1)N1CCN(c3ccc(F)cc3)CC1C(C(=O)N1CC(C)OC(C)C1)C2. The molecular formula is C26H32FN3O3. The van der Waals surface area contributed by atoms with Gasteiger partial charge in [-0.25, -0.2) is 4.39 Å². The van der Waals surface area contributed by atoms with Crippen molar-refractivity contribution >= 4 is 17.3 Å². The molecule has 0 radical (unpaired) electrons. The Hall–Kier alpha value is -2.80. The maximum absolute atomic E-state index is 13.9. The van der Waals surface area contributed by atoms with Gasteiger partial charge in [-0.2, -0.15) is 0 Å². The fourth-order valence-electron chi connectivity index (χ4n) is 5.67. The summed E-state index contributed by atoms with van der Waals surface area (Å²) < 4.78 is 24.9. The van der Waals surface area contributed by atoms with Gasteiger partial charge in [-0.1, -0.05) is 6.07 Å². The number of methoxy groups -OCH3 is 1. The van der Waals surface area contributed by atoms with Crippen molar-refractivity contribution in [2.45, 2.75) is 38.5 Å². The number of carbonyl (C=O) groups is 1. The highest BCUT2D eigenvalue weighted by Crippen LogP contribution is 2.39. The molecule has 33 heavy (non-hydrogen) atoms. The topological polar surface area (TPSA) is 45.2 Å². The van der Waals surface area contributed by atoms with Gasteiger partial charge in [-0.3, -0.25) is 4.79 Å². The van der Waals surface area contributed by atoms with Gasteiger partial charge in [0, 0.05) is 50.2 Å². The molecule has 2 aromatic rings. The molecule has 1 amide bonds. The number of morpholine rings is 1. The lowest BCUT2D eigenvalue weighted by atomic mass is 9.82. The van der Waals surface area contributed by atoms with Gasteiger partial charge in [0.05, 0.1) is 31.3 Å². The molecule has 3 aliphatic heterocycles. The summed E-state index contributed by atoms with van der Waals surface area (Å²) in [4.78, 5) is 20.5. The predicted molar refractivity (Wildman–Crippen MR) is 127 cm³/mol. The highest BCUT2D eigenvalue weighted by molar-refractivity contribution is 5.83. The number of anilines is 2. The summed E-state index contributed by atoms with van der Waals surface area (Å²) >= 11 is 0. The molecule has 0 aromatic heterocycles. The second-order valence-corrected chi connectivity index (χ2v) is 9.49. The molecule has 5 rings (SSSR count). The van der Waals surface area contributed by atoms with Gasteiger partial charge in [-0.05, 0) is 56.2 Å². The third-order valence-corrected chi connectivity index (χ3v) is 7.17. The number of hydrogen-bond acceptors (Lipinski definition) is 5. The maximum atomic E-state index is 13.9. The van der Waals surface area contributed by atoms with Crippen LogP contribution in [0.4, 0.5) is 15.8 Å². The molecule has 2 aromatic carbocycles. The number of amides is 1. The van der Waals surface area contributed by atoms with Crippen LogP contribution in [0, 0.1) is 11.7 Å². The Kier molecular flexibility index (Phi) is 5.91. The summed E-state index contributed by atoms with van der Waals surface area (Å²) in [5.41, 5.74) is 3.34. The van der Waals surface area contributed by atoms with Crippen LogP contribution in [0.5, 0.6) is 5.75 Å². The van der Waals surface area contributed by atoms with E-state index in [9.17, 15) is 9.18 Å². The van der Waals surface area contributed by atoms with Gasteiger partial charge in [-0.15, -0.1) is 0 Å². The first-order valence-electron chi connectivity index (χ1n) is 11.8. The fraction of sp³-hybridized carbons (Fsp3) is 0.500. The lowest BCUT2D eigenvalue weighted by molar-refractivity contribution is -0.148. The van der Waals surface area contributed by atoms with E-state index in [1.54, 1.807) is 7.11 Å². The number of fused-ring (bicyclic) bond motifs is 3. The Balaban J connectivity index is 1.47. The largest absolute Gasteiger partial charge is 0.497 e. The van der Waals surface area contributed by atoms with Crippen molar-refractivity contribution in [3.05, 3.63) is 53.8 Å². The zero-order valence-electron chi connectivity index (χ0n) is 19.5. The lowest BCUT2D eigenvalue weighted by Gasteiger charge is -2.51. The van der Waals surface area contributed by atoms with E-state index in [2.05, 4.69) is 21.9 Å². The zero-order chi connectivity index (χ0) is 23.1. The number of ether oxygens (including phenoxy) is 2. The highest BCUT2D eigenvalue weighted by atomic mass is 19.1. The number of rotatable bonds is 3. The normalized spacial score (nSPS) is 27.1. The number of halogens is 1. The molecule has 3 heterocycles. The third-order valence-electron chi connectivity index (χ3n) is 7.17. The summed E-state index contributed by atoms with van der Waals surface area (Å²) in [6.45, 7) is 7.64. The first-order valence-corrected chi connectivity index (χ1v) is 11.8. The minimum Gasteiger partial charge on any atom is -0.497 e. The Morgan fingerprint density at radius 2 is 1.76 bits per heavy atom. The smallest absolute Gasteiger partial charge is 0.228 e. The van der Waals surface area contributed by atoms with E-state index in [0.717, 1.165) is 30.2 Å². The number of piperazine rings is 1. The Morgan fingerprint density at radius 3 is 2.45 bits per heavy atom. The molecule has 0 saturated carbocycles. The number of hydrogen-bond donors (Lipinski definition) is 0. The van der Waals surface area contributed by atoms with E-state index in [-0.39, 0.29) is 35.9 Å². The Bertz CT molecular complexity index is 1000. The summed E-state index contributed by atoms with van der Waals surface area (Å²) in [5, 5.41) is 0. The molecule has 4 atom stereocenters. The first kappa shape index (κ1) is 22.0. The summed E-state index contributed by atoms with van der Waals surface area (Å²) in [6, 6.07) is 12.9. The van der Waals surface area contributed by atoms with Crippen LogP contribution < -0.4 is 14.5 Å². The van der Waals surface area contributed by atoms with Crippen LogP contribution in [0.2, 0.25) is 0 Å². The van der Waals surface area contributed by atoms with Gasteiger partial charge >= 0.3 is 0 Å². The fourth-order valence-corrected chi connectivity index (χ4v) is 5.67. The van der Waals surface area contributed by atoms with Crippen LogP contribution in [-0.4, -0.2) is 68.9 Å². The van der Waals surface area contributed by atoms with E-state index in [1.165, 1.54) is 17.7 Å². The van der Waals surface area contributed by atoms with Crippen molar-refractivity contribution in [1.82, 2.24) is 4.90 Å². The van der Waals surface area contributed by atoms with Gasteiger partial charge in [0.15, 0.2) is 0 Å². The van der Waals surface area contributed by atoms with Crippen molar-refractivity contribution in [1.29, 1.82) is 0 Å². The molecule has 3 aliphatic rings. The van der Waals surface area contributed by atoms with Crippen molar-refractivity contribution in [3.8, 4) is 5.75 Å². The van der Waals surface area contributed by atoms with Crippen LogP contribution >= 0.6 is 0 Å². The monoisotopic (exact) mass is 453 g/mol. The molecule has 2 saturated heterocycles. The van der Waals surface area contributed by atoms with E-state index in [4.69, 9.17) is 9.47 Å². The highest BCUT2D eigenvalue weighted by Gasteiger charge is 2.44. The molecule has 0 bridgehead atoms. The van der Waals surface area contributed by atoms with Gasteiger partial charge in [0.25, 0.3) is 0 Å². The van der Waals surface area contributed by atoms with Crippen molar-refractivity contribution in [3.63, 3.8) is 0 Å². The number of benzene rings is 2. The van der Waals surface area contributed by atoms with Crippen LogP contribution in [0.15, 0.2) is 42.5 Å². The second kappa shape index (κ2) is 8.86. The van der Waals surface area contributed by atoms with Crippen LogP contribution in [-0.2, 0) is 16.0 Å². The van der Waals surface area contributed by atoms with Crippen molar-refractivity contribution < 1.29 is 18.7 Å². The van der Waals surface area contributed by atoms with Gasteiger partial charge < -0.3 is 24.2 Å². The number of nitrogens with zero attached hydrogens (tertiary/aromatic N) is 3. The minimum atomic E-state index is -0.236. The molecule has 0 spiro atoms. The Morgan fingerprint density at radius 1 is 1.03 bits per heavy atom. The first-order chi connectivity index (χ1) is 15.9. The van der Waals surface area contributed by atoms with Crippen molar-refractivity contribution in [2.75, 3.05) is 49.6 Å². The van der Waals surface area contributed by atoms with E-state index < -0.39 is 0 Å². The molecular weight excluding hydrogens is 421 g/mol. The van der Waals surface area contributed by atoms with Crippen LogP contribution in [0.25, 0.3) is 0 Å². The quantitative estimate of drug-likeness (QED) is 0.714. The zero-order valence-corrected chi connectivity index (χ0v) is 19.5. The second-order valence-electron chi connectivity index (χ2n) is 9.49. The van der Waals surface area contributed by atoms with E-state index in [1.807, 2.05) is 36.9 Å². The molecule has 0 N–H and O–H groups in total. The van der Waals surface area contributed by atoms with Gasteiger partial charge in [0.1, 0.15) is 11.6 Å². The summed E-state index contributed by atoms with van der Waals surface area (Å²) in [5.74, 6) is 0.648. The predicted octanol–water partition coefficient (Wildman–Crippen LogP) is 3.34. The summed E-state index contributed by atoms with van der Waals surface area (Å²) in [7, 11) is 1.68. The van der Waals surface area contributed by atoms with Crippen LogP contribution in [0.3, 0.4) is 0 Å². The third kappa shape index (κ3) is 4.26. The maximum Gasteiger partial charge on any atom is 0.228 e. The summed E-state index contributed by atoms with van der Waals surface area (Å²) in [6.07, 6.45) is 0.781. The Labute approximate surface area is 194 Å². The molecule has 176 valence electrons. The van der Waals surface area contributed by atoms with E-state index >= 15 is 0 Å². The molecule has 7 heteroatoms. The van der Waals surface area contributed by atoms with Gasteiger partial charge in [0.2, 0.25) is 5.91 Å². The molecule has 4 unspecified atom stereocenters. The number of carbonyl (C=O) groups excluding carboxylic acids is 1. The van der Waals surface area contributed by atoms with E-state index in [0.29, 0.717) is 26.1 Å². The molecule has 6 nitrogen and oxygen atoms in total. The minimum absolute atomic E-state index is 0.0318. The van der Waals surface area contributed by atoms with Crippen molar-refractivity contribution in [2.24, 2.45) is 5.92 Å². The standard InChI is InChI=1S/C26H32FN3O3/c1-17-14-29(15-18(2)33-17)26(31)23-12-19-4-9-22(32-3)13-24(19)30-11-10-28(16-25(23)30)21-7-5-20(27)6-8-21/h4-9,13,17-18,23,25H,10-12,14-16H2,1-3H3. The molecule has 0 aliphatic carbocycles. The average Bonchev–Trinajstić information content (AvgIpc) is 2.82.